The largest absolute Gasteiger partial charge is 0.333 e. The third-order valence-corrected chi connectivity index (χ3v) is 5.31. The molecule has 4 nitrogen and oxygen atoms in total. The van der Waals surface area contributed by atoms with Crippen LogP contribution in [-0.4, -0.2) is 10.1 Å². The molecule has 2 heterocycles. The van der Waals surface area contributed by atoms with E-state index in [-0.39, 0.29) is 6.04 Å². The maximum atomic E-state index is 5.93. The Morgan fingerprint density at radius 3 is 2.54 bits per heavy atom. The van der Waals surface area contributed by atoms with E-state index in [2.05, 4.69) is 57.2 Å². The molecule has 2 aromatic carbocycles. The normalized spacial score (nSPS) is 12.2. The maximum absolute atomic E-state index is 5.93. The lowest BCUT2D eigenvalue weighted by molar-refractivity contribution is -0.704. The highest BCUT2D eigenvalue weighted by Crippen LogP contribution is 2.23. The van der Waals surface area contributed by atoms with Crippen LogP contribution in [0.3, 0.4) is 0 Å². The van der Waals surface area contributed by atoms with Crippen LogP contribution in [0.15, 0.2) is 76.6 Å². The predicted molar refractivity (Wildman–Crippen MR) is 103 cm³/mol. The number of thiophene rings is 1. The molecule has 4 rings (SSSR count). The van der Waals surface area contributed by atoms with E-state index in [0.29, 0.717) is 23.3 Å². The zero-order valence-corrected chi connectivity index (χ0v) is 15.5. The molecule has 0 aliphatic rings. The molecule has 1 atom stereocenters. The Balaban J connectivity index is 1.51. The van der Waals surface area contributed by atoms with Crippen LogP contribution in [-0.2, 0) is 6.54 Å². The number of hydrogen-bond acceptors (Lipinski definition) is 4. The summed E-state index contributed by atoms with van der Waals surface area (Å²) in [5, 5.41) is 9.09. The Morgan fingerprint density at radius 2 is 1.81 bits per heavy atom. The molecule has 2 N–H and O–H groups in total. The second-order valence-corrected chi connectivity index (χ2v) is 7.28. The van der Waals surface area contributed by atoms with Crippen molar-refractivity contribution in [2.75, 3.05) is 0 Å². The number of nitrogens with two attached hydrogens (primary N) is 1. The van der Waals surface area contributed by atoms with E-state index in [4.69, 9.17) is 16.1 Å². The molecule has 0 unspecified atom stereocenters. The number of nitrogens with zero attached hydrogens (tertiary/aromatic N) is 2. The fraction of sp³-hybridized carbons (Fsp3) is 0.100. The zero-order chi connectivity index (χ0) is 17.8. The summed E-state index contributed by atoms with van der Waals surface area (Å²) in [5.74, 6) is 1.19. The van der Waals surface area contributed by atoms with Gasteiger partial charge in [0, 0.05) is 16.1 Å². The maximum Gasteiger partial charge on any atom is 0.282 e. The van der Waals surface area contributed by atoms with Gasteiger partial charge < -0.3 is 9.84 Å². The molecule has 0 fully saturated rings. The van der Waals surface area contributed by atoms with Gasteiger partial charge in [0.1, 0.15) is 6.04 Å². The molecule has 130 valence electrons. The van der Waals surface area contributed by atoms with Crippen molar-refractivity contribution in [3.05, 3.63) is 93.5 Å². The van der Waals surface area contributed by atoms with Gasteiger partial charge in [0.25, 0.3) is 5.89 Å². The monoisotopic (exact) mass is 382 g/mol. The molecule has 0 saturated heterocycles. The van der Waals surface area contributed by atoms with E-state index < -0.39 is 0 Å². The molecule has 0 amide bonds. The average Bonchev–Trinajstić information content (AvgIpc) is 3.36. The highest BCUT2D eigenvalue weighted by atomic mass is 35.5. The molecule has 0 aliphatic carbocycles. The molecule has 0 aliphatic heterocycles. The number of aromatic nitrogens is 2. The molecular formula is C20H17ClN3OS+. The molecule has 2 aromatic heterocycles. The number of halogens is 1. The topological polar surface area (TPSA) is 55.5 Å². The summed E-state index contributed by atoms with van der Waals surface area (Å²) in [6.45, 7) is 0.609. The third-order valence-electron chi connectivity index (χ3n) is 4.11. The molecule has 4 aromatic rings. The van der Waals surface area contributed by atoms with Crippen LogP contribution in [0, 0.1) is 0 Å². The van der Waals surface area contributed by atoms with Gasteiger partial charge in [0.05, 0.1) is 4.88 Å². The summed E-state index contributed by atoms with van der Waals surface area (Å²) in [6.07, 6.45) is 0. The van der Waals surface area contributed by atoms with Crippen molar-refractivity contribution in [2.24, 2.45) is 0 Å². The van der Waals surface area contributed by atoms with Gasteiger partial charge in [-0.05, 0) is 35.7 Å². The lowest BCUT2D eigenvalue weighted by Gasteiger charge is -2.13. The fourth-order valence-corrected chi connectivity index (χ4v) is 3.79. The van der Waals surface area contributed by atoms with Gasteiger partial charge in [-0.15, -0.1) is 11.3 Å². The van der Waals surface area contributed by atoms with Gasteiger partial charge in [-0.2, -0.15) is 4.98 Å². The van der Waals surface area contributed by atoms with Crippen molar-refractivity contribution in [1.82, 2.24) is 10.1 Å². The van der Waals surface area contributed by atoms with Gasteiger partial charge in [-0.1, -0.05) is 53.2 Å². The first-order chi connectivity index (χ1) is 12.8. The second-order valence-electron chi connectivity index (χ2n) is 5.86. The Morgan fingerprint density at radius 1 is 1.00 bits per heavy atom. The van der Waals surface area contributed by atoms with E-state index in [1.54, 1.807) is 11.3 Å². The van der Waals surface area contributed by atoms with Crippen molar-refractivity contribution >= 4 is 22.9 Å². The number of benzene rings is 2. The molecule has 26 heavy (non-hydrogen) atoms. The molecule has 0 saturated carbocycles. The highest BCUT2D eigenvalue weighted by molar-refractivity contribution is 7.10. The summed E-state index contributed by atoms with van der Waals surface area (Å²) < 4.78 is 5.43. The standard InChI is InChI=1S/C20H16ClN3OS/c21-16-10-8-15(9-11-16)20-23-18(25-24-20)13-22-19(17-7-4-12-26-17)14-5-2-1-3-6-14/h1-12,19,22H,13H2/p+1/t19-/m1/s1. The summed E-state index contributed by atoms with van der Waals surface area (Å²) >= 11 is 7.68. The van der Waals surface area contributed by atoms with E-state index >= 15 is 0 Å². The summed E-state index contributed by atoms with van der Waals surface area (Å²) in [4.78, 5) is 5.81. The van der Waals surface area contributed by atoms with Crippen molar-refractivity contribution in [3.8, 4) is 11.4 Å². The molecule has 6 heteroatoms. The van der Waals surface area contributed by atoms with Crippen LogP contribution in [0.4, 0.5) is 0 Å². The fourth-order valence-electron chi connectivity index (χ4n) is 2.82. The van der Waals surface area contributed by atoms with Crippen LogP contribution < -0.4 is 5.32 Å². The van der Waals surface area contributed by atoms with Crippen molar-refractivity contribution in [1.29, 1.82) is 0 Å². The van der Waals surface area contributed by atoms with E-state index in [0.717, 1.165) is 5.56 Å². The molecule has 0 radical (unpaired) electrons. The SMILES string of the molecule is Clc1ccc(-c2noc(C[NH2+][C@H](c3ccccc3)c3cccs3)n2)cc1. The Bertz CT molecular complexity index is 952. The molecule has 0 spiro atoms. The second kappa shape index (κ2) is 7.83. The van der Waals surface area contributed by atoms with Gasteiger partial charge in [0.2, 0.25) is 5.82 Å². The summed E-state index contributed by atoms with van der Waals surface area (Å²) in [7, 11) is 0. The first-order valence-corrected chi connectivity index (χ1v) is 9.55. The Labute approximate surface area is 160 Å². The van der Waals surface area contributed by atoms with E-state index in [9.17, 15) is 0 Å². The van der Waals surface area contributed by atoms with E-state index in [1.807, 2.05) is 30.3 Å². The molecule has 0 bridgehead atoms. The van der Waals surface area contributed by atoms with Gasteiger partial charge >= 0.3 is 0 Å². The molecular weight excluding hydrogens is 366 g/mol. The van der Waals surface area contributed by atoms with Crippen molar-refractivity contribution in [2.45, 2.75) is 12.6 Å². The minimum absolute atomic E-state index is 0.210. The predicted octanol–water partition coefficient (Wildman–Crippen LogP) is 4.30. The minimum Gasteiger partial charge on any atom is -0.333 e. The Hall–Kier alpha value is -2.47. The van der Waals surface area contributed by atoms with Crippen LogP contribution >= 0.6 is 22.9 Å². The van der Waals surface area contributed by atoms with Gasteiger partial charge in [-0.3, -0.25) is 0 Å². The number of hydrogen-bond donors (Lipinski definition) is 1. The first-order valence-electron chi connectivity index (χ1n) is 8.30. The van der Waals surface area contributed by atoms with Crippen LogP contribution in [0.5, 0.6) is 0 Å². The van der Waals surface area contributed by atoms with Crippen LogP contribution in [0.25, 0.3) is 11.4 Å². The van der Waals surface area contributed by atoms with Crippen LogP contribution in [0.1, 0.15) is 22.4 Å². The summed E-state index contributed by atoms with van der Waals surface area (Å²) in [6, 6.07) is 22.3. The van der Waals surface area contributed by atoms with Gasteiger partial charge in [0.15, 0.2) is 6.54 Å². The Kier molecular flexibility index (Phi) is 5.11. The highest BCUT2D eigenvalue weighted by Gasteiger charge is 2.20. The lowest BCUT2D eigenvalue weighted by atomic mass is 10.1. The van der Waals surface area contributed by atoms with Crippen LogP contribution in [0.2, 0.25) is 5.02 Å². The quantitative estimate of drug-likeness (QED) is 0.540. The zero-order valence-electron chi connectivity index (χ0n) is 13.9. The minimum atomic E-state index is 0.210. The van der Waals surface area contributed by atoms with Gasteiger partial charge in [-0.25, -0.2) is 0 Å². The first kappa shape index (κ1) is 17.0. The van der Waals surface area contributed by atoms with Crippen molar-refractivity contribution in [3.63, 3.8) is 0 Å². The smallest absolute Gasteiger partial charge is 0.282 e. The number of rotatable bonds is 6. The van der Waals surface area contributed by atoms with Crippen molar-refractivity contribution < 1.29 is 9.84 Å². The summed E-state index contributed by atoms with van der Waals surface area (Å²) in [5.41, 5.74) is 2.15. The number of quaternary nitrogens is 1. The average molecular weight is 383 g/mol. The third kappa shape index (κ3) is 3.85. The lowest BCUT2D eigenvalue weighted by Crippen LogP contribution is -2.83. The van der Waals surface area contributed by atoms with E-state index in [1.165, 1.54) is 10.4 Å².